The van der Waals surface area contributed by atoms with E-state index in [2.05, 4.69) is 20.1 Å². The molecule has 0 spiro atoms. The third kappa shape index (κ3) is 4.68. The molecule has 5 rings (SSSR count). The van der Waals surface area contributed by atoms with Crippen molar-refractivity contribution in [2.75, 3.05) is 19.0 Å². The Morgan fingerprint density at radius 3 is 2.49 bits per heavy atom. The second-order valence-electron chi connectivity index (χ2n) is 8.92. The number of anilines is 1. The molecule has 2 aliphatic rings. The maximum absolute atomic E-state index is 13.2. The summed E-state index contributed by atoms with van der Waals surface area (Å²) in [4.78, 5) is 13.2. The standard InChI is InChI=1S/C25H29N5O4S/c1-34-20-12-14-21(15-13-20)35(32,33)30-17-5-6-22(30)25(31)26-19-10-8-18(9-11-19)24-28-27-23-7-3-2-4-16-29(23)24/h8-15,22H,2-7,16-17H2,1H3,(H,26,31)/t22-/m0/s1. The predicted molar refractivity (Wildman–Crippen MR) is 132 cm³/mol. The van der Waals surface area contributed by atoms with Gasteiger partial charge in [0.25, 0.3) is 0 Å². The summed E-state index contributed by atoms with van der Waals surface area (Å²) in [5, 5.41) is 11.6. The van der Waals surface area contributed by atoms with Crippen molar-refractivity contribution in [2.24, 2.45) is 0 Å². The van der Waals surface area contributed by atoms with Crippen LogP contribution in [0.2, 0.25) is 0 Å². The van der Waals surface area contributed by atoms with Crippen molar-refractivity contribution >= 4 is 21.6 Å². The Hall–Kier alpha value is -3.24. The van der Waals surface area contributed by atoms with Crippen molar-refractivity contribution in [3.05, 3.63) is 54.4 Å². The van der Waals surface area contributed by atoms with Crippen molar-refractivity contribution in [3.63, 3.8) is 0 Å². The Balaban J connectivity index is 1.30. The van der Waals surface area contributed by atoms with Crippen LogP contribution in [0.3, 0.4) is 0 Å². The van der Waals surface area contributed by atoms with Gasteiger partial charge in [0.15, 0.2) is 5.82 Å². The average molecular weight is 496 g/mol. The minimum atomic E-state index is -3.80. The lowest BCUT2D eigenvalue weighted by atomic mass is 10.1. The molecule has 10 heteroatoms. The zero-order valence-electron chi connectivity index (χ0n) is 19.7. The van der Waals surface area contributed by atoms with Gasteiger partial charge in [-0.2, -0.15) is 4.31 Å². The van der Waals surface area contributed by atoms with Crippen LogP contribution < -0.4 is 10.1 Å². The molecular formula is C25H29N5O4S. The Labute approximate surface area is 205 Å². The molecule has 3 heterocycles. The van der Waals surface area contributed by atoms with Gasteiger partial charge in [-0.1, -0.05) is 6.42 Å². The molecule has 1 amide bonds. The molecule has 1 atom stereocenters. The van der Waals surface area contributed by atoms with Crippen LogP contribution in [-0.2, 0) is 27.8 Å². The number of aryl methyl sites for hydroxylation is 1. The molecule has 35 heavy (non-hydrogen) atoms. The zero-order valence-corrected chi connectivity index (χ0v) is 20.5. The summed E-state index contributed by atoms with van der Waals surface area (Å²) in [5.41, 5.74) is 1.55. The van der Waals surface area contributed by atoms with Crippen LogP contribution in [0, 0.1) is 0 Å². The summed E-state index contributed by atoms with van der Waals surface area (Å²) < 4.78 is 35.0. The van der Waals surface area contributed by atoms with Crippen molar-refractivity contribution in [3.8, 4) is 17.1 Å². The van der Waals surface area contributed by atoms with Gasteiger partial charge < -0.3 is 14.6 Å². The number of nitrogens with zero attached hydrogens (tertiary/aromatic N) is 4. The van der Waals surface area contributed by atoms with E-state index in [0.29, 0.717) is 30.8 Å². The van der Waals surface area contributed by atoms with Gasteiger partial charge in [0.1, 0.15) is 17.6 Å². The number of hydrogen-bond acceptors (Lipinski definition) is 6. The lowest BCUT2D eigenvalue weighted by molar-refractivity contribution is -0.119. The number of methoxy groups -OCH3 is 1. The van der Waals surface area contributed by atoms with Crippen LogP contribution in [0.5, 0.6) is 5.75 Å². The molecule has 0 bridgehead atoms. The lowest BCUT2D eigenvalue weighted by Crippen LogP contribution is -2.43. The Kier molecular flexibility index (Phi) is 6.57. The number of benzene rings is 2. The number of rotatable bonds is 6. The van der Waals surface area contributed by atoms with Crippen LogP contribution >= 0.6 is 0 Å². The number of fused-ring (bicyclic) bond motifs is 1. The summed E-state index contributed by atoms with van der Waals surface area (Å²) in [6.45, 7) is 1.22. The monoisotopic (exact) mass is 495 g/mol. The number of carbonyl (C=O) groups is 1. The Morgan fingerprint density at radius 2 is 1.74 bits per heavy atom. The van der Waals surface area contributed by atoms with Gasteiger partial charge in [0, 0.05) is 30.8 Å². The molecule has 1 saturated heterocycles. The first-order valence-electron chi connectivity index (χ1n) is 12.0. The van der Waals surface area contributed by atoms with Gasteiger partial charge in [0.2, 0.25) is 15.9 Å². The first-order valence-corrected chi connectivity index (χ1v) is 13.4. The van der Waals surface area contributed by atoms with Crippen LogP contribution in [0.25, 0.3) is 11.4 Å². The molecular weight excluding hydrogens is 466 g/mol. The third-order valence-corrected chi connectivity index (χ3v) is 8.61. The van der Waals surface area contributed by atoms with Crippen molar-refractivity contribution in [2.45, 2.75) is 56.0 Å². The summed E-state index contributed by atoms with van der Waals surface area (Å²) in [6.07, 6.45) is 5.49. The largest absolute Gasteiger partial charge is 0.497 e. The molecule has 2 aliphatic heterocycles. The summed E-state index contributed by atoms with van der Waals surface area (Å²) in [6, 6.07) is 12.9. The molecule has 0 aliphatic carbocycles. The second kappa shape index (κ2) is 9.79. The average Bonchev–Trinajstić information content (AvgIpc) is 3.47. The smallest absolute Gasteiger partial charge is 0.243 e. The summed E-state index contributed by atoms with van der Waals surface area (Å²) in [7, 11) is -2.27. The molecule has 1 N–H and O–H groups in total. The number of sulfonamides is 1. The normalized spacial score (nSPS) is 18.6. The Bertz CT molecular complexity index is 1300. The predicted octanol–water partition coefficient (Wildman–Crippen LogP) is 3.47. The van der Waals surface area contributed by atoms with Gasteiger partial charge in [-0.25, -0.2) is 8.42 Å². The molecule has 1 aromatic heterocycles. The third-order valence-electron chi connectivity index (χ3n) is 6.69. The number of carbonyl (C=O) groups excluding carboxylic acids is 1. The Morgan fingerprint density at radius 1 is 0.971 bits per heavy atom. The van der Waals surface area contributed by atoms with Crippen LogP contribution in [-0.4, -0.2) is 53.1 Å². The van der Waals surface area contributed by atoms with Crippen LogP contribution in [0.15, 0.2) is 53.4 Å². The van der Waals surface area contributed by atoms with E-state index in [0.717, 1.165) is 43.0 Å². The number of ether oxygens (including phenoxy) is 1. The molecule has 0 saturated carbocycles. The minimum absolute atomic E-state index is 0.148. The van der Waals surface area contributed by atoms with E-state index >= 15 is 0 Å². The number of nitrogens with one attached hydrogen (secondary N) is 1. The number of hydrogen-bond donors (Lipinski definition) is 1. The highest BCUT2D eigenvalue weighted by molar-refractivity contribution is 7.89. The van der Waals surface area contributed by atoms with E-state index in [1.165, 1.54) is 30.0 Å². The second-order valence-corrected chi connectivity index (χ2v) is 10.8. The first-order chi connectivity index (χ1) is 17.0. The quantitative estimate of drug-likeness (QED) is 0.561. The summed E-state index contributed by atoms with van der Waals surface area (Å²) in [5.74, 6) is 2.11. The zero-order chi connectivity index (χ0) is 24.4. The number of aromatic nitrogens is 3. The van der Waals surface area contributed by atoms with E-state index < -0.39 is 16.1 Å². The highest BCUT2D eigenvalue weighted by Crippen LogP contribution is 2.29. The fourth-order valence-corrected chi connectivity index (χ4v) is 6.46. The fourth-order valence-electron chi connectivity index (χ4n) is 4.80. The van der Waals surface area contributed by atoms with E-state index in [-0.39, 0.29) is 10.8 Å². The molecule has 9 nitrogen and oxygen atoms in total. The molecule has 2 aromatic carbocycles. The van der Waals surface area contributed by atoms with Gasteiger partial charge in [-0.3, -0.25) is 4.79 Å². The van der Waals surface area contributed by atoms with Gasteiger partial charge in [-0.15, -0.1) is 10.2 Å². The van der Waals surface area contributed by atoms with Gasteiger partial charge >= 0.3 is 0 Å². The highest BCUT2D eigenvalue weighted by Gasteiger charge is 2.39. The molecule has 3 aromatic rings. The molecule has 1 fully saturated rings. The lowest BCUT2D eigenvalue weighted by Gasteiger charge is -2.23. The molecule has 184 valence electrons. The molecule has 0 unspecified atom stereocenters. The van der Waals surface area contributed by atoms with Crippen LogP contribution in [0.4, 0.5) is 5.69 Å². The highest BCUT2D eigenvalue weighted by atomic mass is 32.2. The maximum Gasteiger partial charge on any atom is 0.243 e. The topological polar surface area (TPSA) is 106 Å². The first kappa shape index (κ1) is 23.5. The van der Waals surface area contributed by atoms with E-state index in [4.69, 9.17) is 4.74 Å². The van der Waals surface area contributed by atoms with E-state index in [1.54, 1.807) is 12.1 Å². The van der Waals surface area contributed by atoms with Crippen molar-refractivity contribution in [1.82, 2.24) is 19.1 Å². The SMILES string of the molecule is COc1ccc(S(=O)(=O)N2CCC[C@H]2C(=O)Nc2ccc(-c3nnc4n3CCCCC4)cc2)cc1. The minimum Gasteiger partial charge on any atom is -0.497 e. The maximum atomic E-state index is 13.2. The van der Waals surface area contributed by atoms with E-state index in [1.807, 2.05) is 24.3 Å². The van der Waals surface area contributed by atoms with Gasteiger partial charge in [-0.05, 0) is 74.2 Å². The number of amides is 1. The molecule has 0 radical (unpaired) electrons. The van der Waals surface area contributed by atoms with Gasteiger partial charge in [0.05, 0.1) is 12.0 Å². The summed E-state index contributed by atoms with van der Waals surface area (Å²) >= 11 is 0. The van der Waals surface area contributed by atoms with Crippen LogP contribution in [0.1, 0.15) is 37.9 Å². The van der Waals surface area contributed by atoms with Crippen molar-refractivity contribution in [1.29, 1.82) is 0 Å². The van der Waals surface area contributed by atoms with Crippen molar-refractivity contribution < 1.29 is 17.9 Å². The fraction of sp³-hybridized carbons (Fsp3) is 0.400. The van der Waals surface area contributed by atoms with E-state index in [9.17, 15) is 13.2 Å².